The second-order valence-electron chi connectivity index (χ2n) is 30.5. The molecule has 0 aliphatic heterocycles. The fourth-order valence-corrected chi connectivity index (χ4v) is 14.3. The molecule has 0 unspecified atom stereocenters. The Morgan fingerprint density at radius 2 is 0.421 bits per heavy atom. The van der Waals surface area contributed by atoms with Crippen molar-refractivity contribution in [3.05, 3.63) is 189 Å². The number of alkyl halides is 4. The molecule has 20 heteroatoms. The van der Waals surface area contributed by atoms with Gasteiger partial charge in [0.1, 0.15) is 0 Å². The summed E-state index contributed by atoms with van der Waals surface area (Å²) in [6, 6.07) is 20.9. The number of benzene rings is 4. The summed E-state index contributed by atoms with van der Waals surface area (Å²) in [7, 11) is 0. The standard InChI is InChI=1S/C26H37ClN2O2.C25H35ClN2O2.C22H29ClN2O2.C21H27ClN2O2/c1-3-4-5-6-7-8-9-10-11-12-13-21-18-28-25(29-19-21)22-14-15-24(26(30)31)23(17-22)16-20(2)27;1-3-4-5-6-7-8-9-10-11-12-20-17-27-24(28-18-20)21-13-14-23(25(29)30)22(16-21)15-19(2)26;1-3-4-5-6-7-8-9-17-14-24-21(25-15-17)18-10-11-20(22(26)27)19(13-18)12-16(2)23;1-3-4-5-6-7-8-16-13-23-20(24-14-16)17-9-10-19(21(25)26)18(12-17)11-15(2)22/h14-15,17-20H,3-13,16H2,1-2H3,(H,30,31);13-14,16-19H,3-12,15H2,1-2H3,(H,29,30);10-11,13-16H,3-9,12H2,1-2H3,(H,26,27);9-10,12-15H,3-8,11H2,1-2H3,(H,25,26)/t20-;19-;16-;15-/m1111/s1. The molecule has 0 bridgehead atoms. The van der Waals surface area contributed by atoms with Crippen LogP contribution < -0.4 is 0 Å². The third-order valence-corrected chi connectivity index (χ3v) is 20.6. The number of aryl methyl sites for hydroxylation is 4. The topological polar surface area (TPSA) is 252 Å². The van der Waals surface area contributed by atoms with E-state index in [4.69, 9.17) is 46.4 Å². The van der Waals surface area contributed by atoms with E-state index in [9.17, 15) is 39.6 Å². The SMILES string of the molecule is CCCCCCCCCCCCc1cnc(-c2ccc(C(=O)O)c(C[C@@H](C)Cl)c2)nc1.CCCCCCCCCCCc1cnc(-c2ccc(C(=O)O)c(C[C@@H](C)Cl)c2)nc1.CCCCCCCCc1cnc(-c2ccc(C(=O)O)c(C[C@@H](C)Cl)c2)nc1.CCCCCCCc1cnc(-c2ccc(C(=O)O)c(C[C@@H](C)Cl)c2)nc1. The second kappa shape index (κ2) is 56.5. The molecular formula is C94H128Cl4N8O8. The zero-order valence-electron chi connectivity index (χ0n) is 69.2. The molecule has 0 saturated carbocycles. The Morgan fingerprint density at radius 3 is 0.570 bits per heavy atom. The number of hydrogen-bond acceptors (Lipinski definition) is 12. The lowest BCUT2D eigenvalue weighted by atomic mass is 9.99. The van der Waals surface area contributed by atoms with Gasteiger partial charge < -0.3 is 20.4 Å². The van der Waals surface area contributed by atoms with Crippen LogP contribution >= 0.6 is 46.4 Å². The van der Waals surface area contributed by atoms with Gasteiger partial charge in [-0.2, -0.15) is 0 Å². The first-order chi connectivity index (χ1) is 55.0. The van der Waals surface area contributed by atoms with E-state index in [2.05, 4.69) is 67.6 Å². The monoisotopic (exact) mass is 1640 g/mol. The van der Waals surface area contributed by atoms with Crippen molar-refractivity contribution in [3.63, 3.8) is 0 Å². The predicted molar refractivity (Wildman–Crippen MR) is 470 cm³/mol. The quantitative estimate of drug-likeness (QED) is 0.0204. The van der Waals surface area contributed by atoms with Crippen LogP contribution in [0.1, 0.15) is 334 Å². The van der Waals surface area contributed by atoms with Crippen molar-refractivity contribution >= 4 is 70.3 Å². The highest BCUT2D eigenvalue weighted by Gasteiger charge is 2.20. The molecule has 8 aromatic rings. The molecule has 0 fully saturated rings. The van der Waals surface area contributed by atoms with Crippen LogP contribution in [-0.4, -0.2) is 106 Å². The Balaban J connectivity index is 0.000000272. The number of nitrogens with zero attached hydrogens (tertiary/aromatic N) is 8. The van der Waals surface area contributed by atoms with Crippen LogP contribution in [0.25, 0.3) is 45.6 Å². The molecule has 0 saturated heterocycles. The lowest BCUT2D eigenvalue weighted by Crippen LogP contribution is -2.07. The molecule has 4 atom stereocenters. The van der Waals surface area contributed by atoms with Gasteiger partial charge >= 0.3 is 23.9 Å². The third kappa shape index (κ3) is 38.3. The summed E-state index contributed by atoms with van der Waals surface area (Å²) < 4.78 is 0. The van der Waals surface area contributed by atoms with Gasteiger partial charge in [-0.15, -0.1) is 46.4 Å². The molecule has 4 aromatic heterocycles. The Bertz CT molecular complexity index is 4050. The molecule has 0 aliphatic rings. The van der Waals surface area contributed by atoms with Gasteiger partial charge in [0.05, 0.1) is 22.3 Å². The number of carbonyl (C=O) groups is 4. The van der Waals surface area contributed by atoms with Crippen molar-refractivity contribution in [1.29, 1.82) is 0 Å². The fraction of sp³-hybridized carbons (Fsp3) is 0.532. The van der Waals surface area contributed by atoms with E-state index in [0.717, 1.165) is 83.0 Å². The molecular weight excluding hydrogens is 1510 g/mol. The van der Waals surface area contributed by atoms with Crippen LogP contribution in [0.15, 0.2) is 122 Å². The molecule has 16 nitrogen and oxygen atoms in total. The van der Waals surface area contributed by atoms with Gasteiger partial charge in [-0.1, -0.05) is 219 Å². The summed E-state index contributed by atoms with van der Waals surface area (Å²) in [5.74, 6) is -1.30. The van der Waals surface area contributed by atoms with Gasteiger partial charge in [-0.3, -0.25) is 0 Å². The minimum Gasteiger partial charge on any atom is -0.478 e. The maximum absolute atomic E-state index is 11.5. The normalized spacial score (nSPS) is 12.1. The molecule has 0 amide bonds. The molecule has 4 aromatic carbocycles. The minimum atomic E-state index is -0.941. The van der Waals surface area contributed by atoms with E-state index in [0.29, 0.717) is 71.2 Å². The van der Waals surface area contributed by atoms with Crippen LogP contribution in [-0.2, 0) is 51.4 Å². The van der Waals surface area contributed by atoms with Crippen molar-refractivity contribution in [2.75, 3.05) is 0 Å². The van der Waals surface area contributed by atoms with Crippen LogP contribution in [0.2, 0.25) is 0 Å². The van der Waals surface area contributed by atoms with E-state index < -0.39 is 23.9 Å². The van der Waals surface area contributed by atoms with E-state index in [1.165, 1.54) is 180 Å². The molecule has 114 heavy (non-hydrogen) atoms. The van der Waals surface area contributed by atoms with E-state index in [1.54, 1.807) is 48.5 Å². The molecule has 8 rings (SSSR count). The van der Waals surface area contributed by atoms with Crippen molar-refractivity contribution in [2.45, 2.75) is 321 Å². The number of aromatic carboxylic acids is 4. The third-order valence-electron chi connectivity index (χ3n) is 20.0. The van der Waals surface area contributed by atoms with Crippen molar-refractivity contribution in [1.82, 2.24) is 39.9 Å². The van der Waals surface area contributed by atoms with Gasteiger partial charge in [-0.05, 0) is 198 Å². The minimum absolute atomic E-state index is 0.139. The first-order valence-corrected chi connectivity index (χ1v) is 44.0. The Labute approximate surface area is 700 Å². The van der Waals surface area contributed by atoms with Gasteiger partial charge in [0.15, 0.2) is 23.3 Å². The number of rotatable bonds is 50. The highest BCUT2D eigenvalue weighted by Crippen LogP contribution is 2.28. The van der Waals surface area contributed by atoms with Crippen molar-refractivity contribution < 1.29 is 39.6 Å². The summed E-state index contributed by atoms with van der Waals surface area (Å²) in [6.07, 6.45) is 60.1. The smallest absolute Gasteiger partial charge is 0.335 e. The molecule has 620 valence electrons. The fourth-order valence-electron chi connectivity index (χ4n) is 13.7. The number of unbranched alkanes of at least 4 members (excludes halogenated alkanes) is 26. The van der Waals surface area contributed by atoms with E-state index in [1.807, 2.05) is 102 Å². The van der Waals surface area contributed by atoms with Gasteiger partial charge in [0.25, 0.3) is 0 Å². The van der Waals surface area contributed by atoms with Crippen LogP contribution in [0.4, 0.5) is 0 Å². The van der Waals surface area contributed by atoms with Crippen LogP contribution in [0.3, 0.4) is 0 Å². The first kappa shape index (κ1) is 96.8. The lowest BCUT2D eigenvalue weighted by Gasteiger charge is -2.10. The Hall–Kier alpha value is -7.76. The van der Waals surface area contributed by atoms with Gasteiger partial charge in [0.2, 0.25) is 0 Å². The number of carboxylic acids is 4. The number of halogens is 4. The van der Waals surface area contributed by atoms with E-state index >= 15 is 0 Å². The highest BCUT2D eigenvalue weighted by atomic mass is 35.5. The summed E-state index contributed by atoms with van der Waals surface area (Å²) in [6.45, 7) is 16.4. The molecule has 0 spiro atoms. The Morgan fingerprint density at radius 1 is 0.263 bits per heavy atom. The van der Waals surface area contributed by atoms with E-state index in [-0.39, 0.29) is 43.8 Å². The number of carboxylic acid groups (broad SMARTS) is 4. The van der Waals surface area contributed by atoms with Crippen LogP contribution in [0, 0.1) is 0 Å². The van der Waals surface area contributed by atoms with Crippen molar-refractivity contribution in [3.8, 4) is 45.6 Å². The molecule has 4 heterocycles. The summed E-state index contributed by atoms with van der Waals surface area (Å²) >= 11 is 24.3. The van der Waals surface area contributed by atoms with Gasteiger partial charge in [-0.25, -0.2) is 59.0 Å². The van der Waals surface area contributed by atoms with Crippen molar-refractivity contribution in [2.24, 2.45) is 0 Å². The average molecular weight is 1640 g/mol. The second-order valence-corrected chi connectivity index (χ2v) is 33.5. The number of hydrogen-bond donors (Lipinski definition) is 4. The highest BCUT2D eigenvalue weighted by molar-refractivity contribution is 6.21. The first-order valence-electron chi connectivity index (χ1n) is 42.3. The zero-order chi connectivity index (χ0) is 82.8. The van der Waals surface area contributed by atoms with Crippen LogP contribution in [0.5, 0.6) is 0 Å². The largest absolute Gasteiger partial charge is 0.478 e. The molecule has 4 N–H and O–H groups in total. The predicted octanol–water partition coefficient (Wildman–Crippen LogP) is 26.0. The molecule has 0 radical (unpaired) electrons. The number of aromatic nitrogens is 8. The molecule has 0 aliphatic carbocycles. The lowest BCUT2D eigenvalue weighted by molar-refractivity contribution is 0.0684. The summed E-state index contributed by atoms with van der Waals surface area (Å²) in [5.41, 5.74) is 11.9. The average Bonchev–Trinajstić information content (AvgIpc) is 0.839. The summed E-state index contributed by atoms with van der Waals surface area (Å²) in [4.78, 5) is 81.6. The Kier molecular flexibility index (Phi) is 48.0. The zero-order valence-corrected chi connectivity index (χ0v) is 72.3. The maximum atomic E-state index is 11.5. The van der Waals surface area contributed by atoms with Gasteiger partial charge in [0, 0.05) is 93.3 Å². The maximum Gasteiger partial charge on any atom is 0.335 e. The summed E-state index contributed by atoms with van der Waals surface area (Å²) in [5, 5.41) is 36.9.